The third kappa shape index (κ3) is 3.86. The van der Waals surface area contributed by atoms with Gasteiger partial charge >= 0.3 is 0 Å². The summed E-state index contributed by atoms with van der Waals surface area (Å²) in [5, 5.41) is 0. The third-order valence-corrected chi connectivity index (χ3v) is 5.10. The van der Waals surface area contributed by atoms with Crippen molar-refractivity contribution < 1.29 is 13.9 Å². The Kier molecular flexibility index (Phi) is 5.12. The van der Waals surface area contributed by atoms with Crippen molar-refractivity contribution in [3.63, 3.8) is 0 Å². The number of para-hydroxylation sites is 1. The lowest BCUT2D eigenvalue weighted by atomic mass is 10.3. The zero-order valence-corrected chi connectivity index (χ0v) is 14.9. The number of nitrogens with zero attached hydrogens (tertiary/aromatic N) is 2. The molecule has 4 rings (SSSR count). The number of pyridine rings is 1. The molecule has 26 heavy (non-hydrogen) atoms. The van der Waals surface area contributed by atoms with Gasteiger partial charge in [-0.1, -0.05) is 24.0 Å². The van der Waals surface area contributed by atoms with Crippen molar-refractivity contribution in [1.29, 1.82) is 0 Å². The number of thiophene rings is 1. The van der Waals surface area contributed by atoms with E-state index in [0.29, 0.717) is 5.75 Å². The third-order valence-electron chi connectivity index (χ3n) is 4.05. The fourth-order valence-corrected chi connectivity index (χ4v) is 3.64. The van der Waals surface area contributed by atoms with Gasteiger partial charge in [0.1, 0.15) is 5.75 Å². The minimum atomic E-state index is -0.389. The predicted octanol–water partition coefficient (Wildman–Crippen LogP) is 3.91. The molecule has 0 unspecified atom stereocenters. The Bertz CT molecular complexity index is 971. The van der Waals surface area contributed by atoms with Gasteiger partial charge in [-0.25, -0.2) is 4.39 Å². The largest absolute Gasteiger partial charge is 0.453 e. The van der Waals surface area contributed by atoms with E-state index >= 15 is 0 Å². The summed E-state index contributed by atoms with van der Waals surface area (Å²) in [6.45, 7) is 4.10. The normalized spacial score (nSPS) is 14.8. The highest BCUT2D eigenvalue weighted by Gasteiger charge is 2.11. The lowest BCUT2D eigenvalue weighted by molar-refractivity contribution is 0.0443. The van der Waals surface area contributed by atoms with Gasteiger partial charge in [0.2, 0.25) is 0 Å². The van der Waals surface area contributed by atoms with Crippen molar-refractivity contribution in [2.75, 3.05) is 32.8 Å². The summed E-state index contributed by atoms with van der Waals surface area (Å²) in [4.78, 5) is 7.56. The minimum absolute atomic E-state index is 0.202. The second kappa shape index (κ2) is 7.83. The summed E-state index contributed by atoms with van der Waals surface area (Å²) in [6, 6.07) is 10.1. The maximum absolute atomic E-state index is 13.9. The van der Waals surface area contributed by atoms with Gasteiger partial charge in [0.15, 0.2) is 11.6 Å². The Morgan fingerprint density at radius 2 is 2.04 bits per heavy atom. The summed E-state index contributed by atoms with van der Waals surface area (Å²) in [5.74, 6) is 6.82. The van der Waals surface area contributed by atoms with Crippen LogP contribution in [0.3, 0.4) is 0 Å². The van der Waals surface area contributed by atoms with Gasteiger partial charge < -0.3 is 9.47 Å². The Morgan fingerprint density at radius 1 is 1.19 bits per heavy atom. The highest BCUT2D eigenvalue weighted by molar-refractivity contribution is 7.19. The van der Waals surface area contributed by atoms with Gasteiger partial charge in [0.25, 0.3) is 0 Å². The number of halogens is 1. The highest BCUT2D eigenvalue weighted by Crippen LogP contribution is 2.35. The maximum atomic E-state index is 13.9. The van der Waals surface area contributed by atoms with Gasteiger partial charge in [-0.15, -0.1) is 11.3 Å². The van der Waals surface area contributed by atoms with Crippen LogP contribution >= 0.6 is 11.3 Å². The second-order valence-electron chi connectivity index (χ2n) is 5.86. The average Bonchev–Trinajstić information content (AvgIpc) is 3.08. The van der Waals surface area contributed by atoms with E-state index in [-0.39, 0.29) is 11.6 Å². The number of aromatic nitrogens is 1. The maximum Gasteiger partial charge on any atom is 0.165 e. The van der Waals surface area contributed by atoms with E-state index in [0.717, 1.165) is 47.9 Å². The number of benzene rings is 1. The summed E-state index contributed by atoms with van der Waals surface area (Å²) in [7, 11) is 0. The minimum Gasteiger partial charge on any atom is -0.453 e. The first-order valence-electron chi connectivity index (χ1n) is 8.39. The number of hydrogen-bond acceptors (Lipinski definition) is 5. The number of rotatable bonds is 3. The van der Waals surface area contributed by atoms with Crippen LogP contribution in [0.1, 0.15) is 4.88 Å². The van der Waals surface area contributed by atoms with E-state index < -0.39 is 0 Å². The smallest absolute Gasteiger partial charge is 0.165 e. The van der Waals surface area contributed by atoms with Crippen LogP contribution in [0.25, 0.3) is 10.2 Å². The zero-order chi connectivity index (χ0) is 17.8. The Hall–Kier alpha value is -2.46. The van der Waals surface area contributed by atoms with Crippen molar-refractivity contribution in [2.24, 2.45) is 0 Å². The monoisotopic (exact) mass is 368 g/mol. The first-order chi connectivity index (χ1) is 12.8. The molecule has 2 aromatic heterocycles. The topological polar surface area (TPSA) is 34.6 Å². The Balaban J connectivity index is 1.55. The molecule has 3 aromatic rings. The molecule has 3 heterocycles. The number of ether oxygens (including phenoxy) is 2. The van der Waals surface area contributed by atoms with Crippen LogP contribution in [-0.4, -0.2) is 42.7 Å². The molecule has 0 aliphatic carbocycles. The van der Waals surface area contributed by atoms with Crippen LogP contribution in [-0.2, 0) is 4.74 Å². The molecule has 1 fully saturated rings. The van der Waals surface area contributed by atoms with E-state index in [1.165, 1.54) is 17.4 Å². The number of hydrogen-bond donors (Lipinski definition) is 0. The van der Waals surface area contributed by atoms with E-state index in [1.807, 2.05) is 6.07 Å². The van der Waals surface area contributed by atoms with E-state index in [2.05, 4.69) is 21.7 Å². The van der Waals surface area contributed by atoms with Gasteiger partial charge in [-0.3, -0.25) is 9.88 Å². The summed E-state index contributed by atoms with van der Waals surface area (Å²) >= 11 is 1.51. The van der Waals surface area contributed by atoms with E-state index in [1.54, 1.807) is 30.5 Å². The van der Waals surface area contributed by atoms with Crippen LogP contribution in [0.2, 0.25) is 0 Å². The van der Waals surface area contributed by atoms with E-state index in [9.17, 15) is 4.39 Å². The SMILES string of the molecule is Fc1ccccc1Oc1ccnc2cc(C#CCN3CCOCC3)sc12. The van der Waals surface area contributed by atoms with Crippen molar-refractivity contribution in [3.8, 4) is 23.3 Å². The van der Waals surface area contributed by atoms with Crippen LogP contribution in [0.15, 0.2) is 42.6 Å². The Labute approximate surface area is 155 Å². The zero-order valence-electron chi connectivity index (χ0n) is 14.1. The van der Waals surface area contributed by atoms with Crippen LogP contribution in [0, 0.1) is 17.7 Å². The summed E-state index contributed by atoms with van der Waals surface area (Å²) in [5.41, 5.74) is 0.805. The summed E-state index contributed by atoms with van der Waals surface area (Å²) in [6.07, 6.45) is 1.66. The molecule has 0 amide bonds. The van der Waals surface area contributed by atoms with Crippen molar-refractivity contribution in [1.82, 2.24) is 9.88 Å². The van der Waals surface area contributed by atoms with Gasteiger partial charge in [0.05, 0.1) is 34.9 Å². The molecule has 0 atom stereocenters. The quantitative estimate of drug-likeness (QED) is 0.657. The molecule has 0 saturated carbocycles. The molecule has 0 N–H and O–H groups in total. The Morgan fingerprint density at radius 3 is 2.88 bits per heavy atom. The molecule has 0 radical (unpaired) electrons. The number of fused-ring (bicyclic) bond motifs is 1. The first kappa shape index (κ1) is 17.0. The summed E-state index contributed by atoms with van der Waals surface area (Å²) < 4.78 is 25.8. The van der Waals surface area contributed by atoms with Crippen LogP contribution in [0.4, 0.5) is 4.39 Å². The van der Waals surface area contributed by atoms with Gasteiger partial charge in [-0.05, 0) is 18.2 Å². The molecule has 0 spiro atoms. The molecule has 1 saturated heterocycles. The predicted molar refractivity (Wildman–Crippen MR) is 100 cm³/mol. The molecule has 132 valence electrons. The molecular weight excluding hydrogens is 351 g/mol. The first-order valence-corrected chi connectivity index (χ1v) is 9.21. The molecular formula is C20H17FN2O2S. The molecule has 4 nitrogen and oxygen atoms in total. The van der Waals surface area contributed by atoms with Crippen molar-refractivity contribution in [2.45, 2.75) is 0 Å². The highest BCUT2D eigenvalue weighted by atomic mass is 32.1. The molecule has 6 heteroatoms. The molecule has 0 bridgehead atoms. The molecule has 1 aliphatic rings. The standard InChI is InChI=1S/C20H17FN2O2S/c21-16-5-1-2-6-18(16)25-19-7-8-22-17-14-15(26-20(17)19)4-3-9-23-10-12-24-13-11-23/h1-2,5-8,14H,9-13H2. The van der Waals surface area contributed by atoms with Gasteiger partial charge in [0, 0.05) is 25.4 Å². The second-order valence-corrected chi connectivity index (χ2v) is 6.91. The van der Waals surface area contributed by atoms with Crippen LogP contribution in [0.5, 0.6) is 11.5 Å². The van der Waals surface area contributed by atoms with E-state index in [4.69, 9.17) is 9.47 Å². The van der Waals surface area contributed by atoms with Crippen molar-refractivity contribution >= 4 is 21.6 Å². The lowest BCUT2D eigenvalue weighted by Crippen LogP contribution is -2.36. The number of morpholine rings is 1. The lowest BCUT2D eigenvalue weighted by Gasteiger charge is -2.24. The van der Waals surface area contributed by atoms with Crippen molar-refractivity contribution in [3.05, 3.63) is 53.3 Å². The molecule has 1 aromatic carbocycles. The fraction of sp³-hybridized carbons (Fsp3) is 0.250. The fourth-order valence-electron chi connectivity index (χ4n) is 2.70. The average molecular weight is 368 g/mol. The van der Waals surface area contributed by atoms with Gasteiger partial charge in [-0.2, -0.15) is 0 Å². The van der Waals surface area contributed by atoms with Crippen LogP contribution < -0.4 is 4.74 Å². The molecule has 1 aliphatic heterocycles.